The van der Waals surface area contributed by atoms with E-state index in [1.54, 1.807) is 7.11 Å². The highest BCUT2D eigenvalue weighted by Crippen LogP contribution is 2.15. The SMILES string of the molecule is CCC(C)C1CN(Cc2cccc(OC)n2)CCN1. The highest BCUT2D eigenvalue weighted by molar-refractivity contribution is 5.15. The largest absolute Gasteiger partial charge is 0.481 e. The Bertz CT molecular complexity index is 397. The second-order valence-electron chi connectivity index (χ2n) is 5.35. The van der Waals surface area contributed by atoms with Crippen molar-refractivity contribution in [2.24, 2.45) is 5.92 Å². The highest BCUT2D eigenvalue weighted by atomic mass is 16.5. The van der Waals surface area contributed by atoms with E-state index in [-0.39, 0.29) is 0 Å². The van der Waals surface area contributed by atoms with Crippen LogP contribution in [0.2, 0.25) is 0 Å². The maximum absolute atomic E-state index is 5.18. The van der Waals surface area contributed by atoms with Crippen LogP contribution >= 0.6 is 0 Å². The van der Waals surface area contributed by atoms with Gasteiger partial charge in [-0.3, -0.25) is 4.90 Å². The summed E-state index contributed by atoms with van der Waals surface area (Å²) in [5.74, 6) is 1.42. The lowest BCUT2D eigenvalue weighted by Crippen LogP contribution is -2.52. The van der Waals surface area contributed by atoms with Crippen LogP contribution in [0.15, 0.2) is 18.2 Å². The van der Waals surface area contributed by atoms with Gasteiger partial charge in [0.2, 0.25) is 5.88 Å². The van der Waals surface area contributed by atoms with Crippen LogP contribution in [-0.4, -0.2) is 42.7 Å². The van der Waals surface area contributed by atoms with Crippen LogP contribution in [0.25, 0.3) is 0 Å². The molecule has 0 aliphatic carbocycles. The summed E-state index contributed by atoms with van der Waals surface area (Å²) < 4.78 is 5.18. The Balaban J connectivity index is 1.94. The quantitative estimate of drug-likeness (QED) is 0.880. The van der Waals surface area contributed by atoms with Crippen molar-refractivity contribution in [2.75, 3.05) is 26.7 Å². The first kappa shape index (κ1) is 14.3. The van der Waals surface area contributed by atoms with E-state index in [9.17, 15) is 0 Å². The number of hydrogen-bond acceptors (Lipinski definition) is 4. The van der Waals surface area contributed by atoms with Crippen molar-refractivity contribution >= 4 is 0 Å². The molecule has 1 aromatic heterocycles. The molecule has 0 bridgehead atoms. The van der Waals surface area contributed by atoms with Gasteiger partial charge in [0.1, 0.15) is 0 Å². The Labute approximate surface area is 116 Å². The van der Waals surface area contributed by atoms with Gasteiger partial charge >= 0.3 is 0 Å². The monoisotopic (exact) mass is 263 g/mol. The molecule has 4 heteroatoms. The van der Waals surface area contributed by atoms with Crippen LogP contribution in [0.5, 0.6) is 5.88 Å². The van der Waals surface area contributed by atoms with Gasteiger partial charge in [-0.15, -0.1) is 0 Å². The number of ether oxygens (including phenoxy) is 1. The fraction of sp³-hybridized carbons (Fsp3) is 0.667. The summed E-state index contributed by atoms with van der Waals surface area (Å²) in [6, 6.07) is 6.58. The summed E-state index contributed by atoms with van der Waals surface area (Å²) in [5, 5.41) is 3.62. The second-order valence-corrected chi connectivity index (χ2v) is 5.35. The van der Waals surface area contributed by atoms with Crippen LogP contribution in [-0.2, 0) is 6.54 Å². The number of rotatable bonds is 5. The van der Waals surface area contributed by atoms with Crippen LogP contribution in [0, 0.1) is 5.92 Å². The van der Waals surface area contributed by atoms with Crippen molar-refractivity contribution in [3.63, 3.8) is 0 Å². The second kappa shape index (κ2) is 6.87. The van der Waals surface area contributed by atoms with Crippen LogP contribution < -0.4 is 10.1 Å². The van der Waals surface area contributed by atoms with Crippen molar-refractivity contribution in [2.45, 2.75) is 32.9 Å². The fourth-order valence-corrected chi connectivity index (χ4v) is 2.54. The Kier molecular flexibility index (Phi) is 5.16. The number of piperazine rings is 1. The van der Waals surface area contributed by atoms with E-state index in [1.807, 2.05) is 12.1 Å². The van der Waals surface area contributed by atoms with Gasteiger partial charge in [-0.2, -0.15) is 0 Å². The minimum Gasteiger partial charge on any atom is -0.481 e. The third-order valence-corrected chi connectivity index (χ3v) is 4.00. The third kappa shape index (κ3) is 3.91. The molecule has 1 saturated heterocycles. The lowest BCUT2D eigenvalue weighted by molar-refractivity contribution is 0.160. The average molecular weight is 263 g/mol. The normalized spacial score (nSPS) is 22.2. The van der Waals surface area contributed by atoms with Crippen LogP contribution in [0.3, 0.4) is 0 Å². The Morgan fingerprint density at radius 3 is 3.11 bits per heavy atom. The van der Waals surface area contributed by atoms with Gasteiger partial charge in [0.25, 0.3) is 0 Å². The van der Waals surface area contributed by atoms with Crippen molar-refractivity contribution in [3.05, 3.63) is 23.9 Å². The third-order valence-electron chi connectivity index (χ3n) is 4.00. The zero-order chi connectivity index (χ0) is 13.7. The van der Waals surface area contributed by atoms with E-state index in [1.165, 1.54) is 6.42 Å². The maximum Gasteiger partial charge on any atom is 0.213 e. The van der Waals surface area contributed by atoms with Gasteiger partial charge < -0.3 is 10.1 Å². The molecule has 106 valence electrons. The number of pyridine rings is 1. The van der Waals surface area contributed by atoms with Crippen LogP contribution in [0.4, 0.5) is 0 Å². The predicted molar refractivity (Wildman–Crippen MR) is 77.3 cm³/mol. The predicted octanol–water partition coefficient (Wildman–Crippen LogP) is 1.91. The molecule has 1 fully saturated rings. The molecule has 0 saturated carbocycles. The smallest absolute Gasteiger partial charge is 0.213 e. The van der Waals surface area contributed by atoms with Gasteiger partial charge in [0, 0.05) is 38.3 Å². The van der Waals surface area contributed by atoms with E-state index < -0.39 is 0 Å². The van der Waals surface area contributed by atoms with Gasteiger partial charge in [0.15, 0.2) is 0 Å². The van der Waals surface area contributed by atoms with E-state index in [2.05, 4.69) is 35.1 Å². The molecule has 2 rings (SSSR count). The summed E-state index contributed by atoms with van der Waals surface area (Å²) in [6.45, 7) is 8.75. The average Bonchev–Trinajstić information content (AvgIpc) is 2.47. The molecule has 2 atom stereocenters. The van der Waals surface area contributed by atoms with Gasteiger partial charge in [-0.1, -0.05) is 26.3 Å². The van der Waals surface area contributed by atoms with E-state index >= 15 is 0 Å². The molecule has 0 radical (unpaired) electrons. The van der Waals surface area contributed by atoms with Crippen LogP contribution in [0.1, 0.15) is 26.0 Å². The highest BCUT2D eigenvalue weighted by Gasteiger charge is 2.23. The molecular formula is C15H25N3O. The number of nitrogens with zero attached hydrogens (tertiary/aromatic N) is 2. The summed E-state index contributed by atoms with van der Waals surface area (Å²) >= 11 is 0. The first-order valence-electron chi connectivity index (χ1n) is 7.18. The molecule has 19 heavy (non-hydrogen) atoms. The molecule has 2 heterocycles. The topological polar surface area (TPSA) is 37.4 Å². The first-order chi connectivity index (χ1) is 9.22. The van der Waals surface area contributed by atoms with E-state index in [0.29, 0.717) is 11.9 Å². The van der Waals surface area contributed by atoms with E-state index in [0.717, 1.165) is 37.8 Å². The van der Waals surface area contributed by atoms with E-state index in [4.69, 9.17) is 4.74 Å². The van der Waals surface area contributed by atoms with Gasteiger partial charge in [0.05, 0.1) is 12.8 Å². The molecule has 0 aromatic carbocycles. The van der Waals surface area contributed by atoms with Crippen molar-refractivity contribution in [1.29, 1.82) is 0 Å². The fourth-order valence-electron chi connectivity index (χ4n) is 2.54. The first-order valence-corrected chi connectivity index (χ1v) is 7.18. The molecule has 2 unspecified atom stereocenters. The summed E-state index contributed by atoms with van der Waals surface area (Å²) in [7, 11) is 1.66. The summed E-state index contributed by atoms with van der Waals surface area (Å²) in [5.41, 5.74) is 1.09. The lowest BCUT2D eigenvalue weighted by atomic mass is 9.97. The number of methoxy groups -OCH3 is 1. The molecule has 1 aliphatic heterocycles. The van der Waals surface area contributed by atoms with Gasteiger partial charge in [-0.25, -0.2) is 4.98 Å². The standard InChI is InChI=1S/C15H25N3O/c1-4-12(2)14-11-18(9-8-16-14)10-13-6-5-7-15(17-13)19-3/h5-7,12,14,16H,4,8-11H2,1-3H3. The zero-order valence-corrected chi connectivity index (χ0v) is 12.2. The Morgan fingerprint density at radius 2 is 2.37 bits per heavy atom. The minimum absolute atomic E-state index is 0.601. The summed E-state index contributed by atoms with van der Waals surface area (Å²) in [6.07, 6.45) is 1.23. The molecule has 0 spiro atoms. The van der Waals surface area contributed by atoms with Crippen molar-refractivity contribution in [3.8, 4) is 5.88 Å². The molecule has 1 aliphatic rings. The minimum atomic E-state index is 0.601. The molecule has 4 nitrogen and oxygen atoms in total. The molecule has 1 aromatic rings. The van der Waals surface area contributed by atoms with Crippen molar-refractivity contribution < 1.29 is 4.74 Å². The number of hydrogen-bond donors (Lipinski definition) is 1. The zero-order valence-electron chi connectivity index (χ0n) is 12.2. The maximum atomic E-state index is 5.18. The molecule has 1 N–H and O–H groups in total. The lowest BCUT2D eigenvalue weighted by Gasteiger charge is -2.36. The van der Waals surface area contributed by atoms with Gasteiger partial charge in [-0.05, 0) is 12.0 Å². The molecule has 0 amide bonds. The summed E-state index contributed by atoms with van der Waals surface area (Å²) in [4.78, 5) is 6.97. The molecular weight excluding hydrogens is 238 g/mol. The Morgan fingerprint density at radius 1 is 1.53 bits per heavy atom. The number of nitrogens with one attached hydrogen (secondary N) is 1. The number of aromatic nitrogens is 1. The Hall–Kier alpha value is -1.13. The van der Waals surface area contributed by atoms with Crippen molar-refractivity contribution in [1.82, 2.24) is 15.2 Å².